The Kier molecular flexibility index (Phi) is 6.27. The van der Waals surface area contributed by atoms with Gasteiger partial charge in [0.2, 0.25) is 0 Å². The molecule has 4 unspecified atom stereocenters. The molecule has 2 fully saturated rings. The smallest absolute Gasteiger partial charge is 0.411 e. The molecule has 0 saturated carbocycles. The summed E-state index contributed by atoms with van der Waals surface area (Å²) in [7, 11) is -4.01. The number of nitrogens with one attached hydrogen (secondary N) is 1. The van der Waals surface area contributed by atoms with Gasteiger partial charge in [-0.1, -0.05) is 11.6 Å². The lowest BCUT2D eigenvalue weighted by Crippen LogP contribution is -2.55. The van der Waals surface area contributed by atoms with Gasteiger partial charge in [0.05, 0.1) is 10.8 Å². The molecule has 10 heteroatoms. The van der Waals surface area contributed by atoms with Crippen LogP contribution in [0.3, 0.4) is 0 Å². The quantitative estimate of drug-likeness (QED) is 0.548. The highest BCUT2D eigenvalue weighted by Gasteiger charge is 2.48. The van der Waals surface area contributed by atoms with E-state index < -0.39 is 44.9 Å². The van der Waals surface area contributed by atoms with Gasteiger partial charge < -0.3 is 14.8 Å². The zero-order valence-corrected chi connectivity index (χ0v) is 18.6. The van der Waals surface area contributed by atoms with Gasteiger partial charge in [-0.3, -0.25) is 9.69 Å². The summed E-state index contributed by atoms with van der Waals surface area (Å²) in [6.07, 6.45) is -0.235. The number of benzene rings is 1. The van der Waals surface area contributed by atoms with Crippen LogP contribution in [0.4, 0.5) is 4.79 Å². The number of ketones is 1. The minimum atomic E-state index is -4.01. The predicted molar refractivity (Wildman–Crippen MR) is 110 cm³/mol. The number of aldehydes is 1. The van der Waals surface area contributed by atoms with Crippen LogP contribution in [0.25, 0.3) is 0 Å². The van der Waals surface area contributed by atoms with Crippen LogP contribution in [-0.4, -0.2) is 61.1 Å². The van der Waals surface area contributed by atoms with Crippen molar-refractivity contribution in [3.05, 3.63) is 29.3 Å². The summed E-state index contributed by atoms with van der Waals surface area (Å²) in [5.74, 6) is -1.20. The van der Waals surface area contributed by atoms with Crippen LogP contribution in [0, 0.1) is 5.92 Å². The highest BCUT2D eigenvalue weighted by Crippen LogP contribution is 2.32. The van der Waals surface area contributed by atoms with Gasteiger partial charge in [0.15, 0.2) is 9.84 Å². The molecule has 2 heterocycles. The largest absolute Gasteiger partial charge is 0.444 e. The number of carbonyl (C=O) groups excluding carboxylic acids is 3. The van der Waals surface area contributed by atoms with Crippen molar-refractivity contribution in [2.45, 2.75) is 61.6 Å². The van der Waals surface area contributed by atoms with Gasteiger partial charge in [-0.05, 0) is 51.5 Å². The van der Waals surface area contributed by atoms with Crippen molar-refractivity contribution in [3.63, 3.8) is 0 Å². The number of carbonyl (C=O) groups is 3. The number of halogens is 1. The van der Waals surface area contributed by atoms with Gasteiger partial charge in [-0.15, -0.1) is 0 Å². The van der Waals surface area contributed by atoms with Crippen LogP contribution in [0.2, 0.25) is 5.02 Å². The molecule has 1 aromatic rings. The summed E-state index contributed by atoms with van der Waals surface area (Å²) < 4.78 is 32.4. The number of piperidine rings is 1. The molecular weight excluding hydrogens is 432 g/mol. The Bertz CT molecular complexity index is 941. The van der Waals surface area contributed by atoms with Crippen LogP contribution in [-0.2, 0) is 24.2 Å². The monoisotopic (exact) mass is 456 g/mol. The number of ether oxygens (including phenoxy) is 1. The van der Waals surface area contributed by atoms with Crippen LogP contribution >= 0.6 is 11.6 Å². The minimum absolute atomic E-state index is 0.00196. The molecule has 0 spiro atoms. The third kappa shape index (κ3) is 4.68. The highest BCUT2D eigenvalue weighted by molar-refractivity contribution is 7.92. The van der Waals surface area contributed by atoms with Crippen molar-refractivity contribution in [1.82, 2.24) is 10.2 Å². The molecule has 3 rings (SSSR count). The maximum atomic E-state index is 13.5. The van der Waals surface area contributed by atoms with Crippen LogP contribution in [0.1, 0.15) is 33.6 Å². The molecular formula is C20H25ClN2O6S. The Morgan fingerprint density at radius 3 is 2.47 bits per heavy atom. The number of amides is 1. The van der Waals surface area contributed by atoms with Crippen molar-refractivity contribution in [3.8, 4) is 0 Å². The summed E-state index contributed by atoms with van der Waals surface area (Å²) >= 11 is 5.89. The second kappa shape index (κ2) is 8.28. The first-order valence-electron chi connectivity index (χ1n) is 9.65. The number of nitrogens with zero attached hydrogens (tertiary/aromatic N) is 1. The molecule has 8 nitrogen and oxygen atoms in total. The van der Waals surface area contributed by atoms with E-state index in [-0.39, 0.29) is 30.1 Å². The molecule has 0 aromatic heterocycles. The van der Waals surface area contributed by atoms with Crippen molar-refractivity contribution in [2.75, 3.05) is 6.54 Å². The number of rotatable bonds is 3. The Morgan fingerprint density at radius 2 is 1.90 bits per heavy atom. The number of hydrogen-bond acceptors (Lipinski definition) is 7. The Hall–Kier alpha value is -1.97. The number of hydrogen-bond donors (Lipinski definition) is 1. The molecule has 30 heavy (non-hydrogen) atoms. The molecule has 4 atom stereocenters. The molecule has 1 aromatic carbocycles. The van der Waals surface area contributed by atoms with E-state index in [9.17, 15) is 22.8 Å². The zero-order chi connectivity index (χ0) is 22.3. The third-order valence-corrected chi connectivity index (χ3v) is 7.55. The maximum Gasteiger partial charge on any atom is 0.411 e. The average molecular weight is 457 g/mol. The van der Waals surface area contributed by atoms with Gasteiger partial charge >= 0.3 is 6.09 Å². The SMILES string of the molecule is CC(C)(C)OC(=O)N1CC2NC(CC(=O)C2C=O)CC1S(=O)(=O)c1ccc(Cl)cc1. The van der Waals surface area contributed by atoms with Crippen molar-refractivity contribution in [2.24, 2.45) is 5.92 Å². The van der Waals surface area contributed by atoms with Gasteiger partial charge in [0.25, 0.3) is 0 Å². The van der Waals surface area contributed by atoms with Gasteiger partial charge in [0.1, 0.15) is 23.0 Å². The van der Waals surface area contributed by atoms with E-state index in [4.69, 9.17) is 16.3 Å². The molecule has 1 N–H and O–H groups in total. The van der Waals surface area contributed by atoms with E-state index in [0.29, 0.717) is 11.3 Å². The summed E-state index contributed by atoms with van der Waals surface area (Å²) in [6.45, 7) is 4.90. The summed E-state index contributed by atoms with van der Waals surface area (Å²) in [4.78, 5) is 38.0. The predicted octanol–water partition coefficient (Wildman–Crippen LogP) is 2.20. The van der Waals surface area contributed by atoms with E-state index >= 15 is 0 Å². The summed E-state index contributed by atoms with van der Waals surface area (Å²) in [6, 6.07) is 4.55. The first kappa shape index (κ1) is 22.7. The maximum absolute atomic E-state index is 13.5. The van der Waals surface area contributed by atoms with Crippen LogP contribution in [0.5, 0.6) is 0 Å². The number of sulfone groups is 1. The third-order valence-electron chi connectivity index (χ3n) is 5.20. The Morgan fingerprint density at radius 1 is 1.27 bits per heavy atom. The second-order valence-electron chi connectivity index (χ2n) is 8.62. The molecule has 1 amide bonds. The molecule has 0 aliphatic carbocycles. The molecule has 2 aliphatic rings. The lowest BCUT2D eigenvalue weighted by molar-refractivity contribution is -0.131. The van der Waals surface area contributed by atoms with E-state index in [1.165, 1.54) is 24.3 Å². The molecule has 2 saturated heterocycles. The van der Waals surface area contributed by atoms with Gasteiger partial charge in [-0.2, -0.15) is 0 Å². The highest BCUT2D eigenvalue weighted by atomic mass is 35.5. The van der Waals surface area contributed by atoms with Crippen molar-refractivity contribution >= 4 is 39.6 Å². The number of Topliss-reactive ketones (excluding diaryl/α,β-unsaturated/α-hetero) is 1. The minimum Gasteiger partial charge on any atom is -0.444 e. The molecule has 2 bridgehead atoms. The van der Waals surface area contributed by atoms with Gasteiger partial charge in [-0.25, -0.2) is 13.2 Å². The zero-order valence-electron chi connectivity index (χ0n) is 17.0. The number of fused-ring (bicyclic) bond motifs is 2. The summed E-state index contributed by atoms with van der Waals surface area (Å²) in [5.41, 5.74) is -0.847. The fourth-order valence-corrected chi connectivity index (χ4v) is 5.79. The van der Waals surface area contributed by atoms with Crippen LogP contribution < -0.4 is 5.32 Å². The Labute approximate surface area is 180 Å². The fraction of sp³-hybridized carbons (Fsp3) is 0.550. The van der Waals surface area contributed by atoms with E-state index in [0.717, 1.165) is 4.90 Å². The normalized spacial score (nSPS) is 27.3. The Balaban J connectivity index is 2.05. The summed E-state index contributed by atoms with van der Waals surface area (Å²) in [5, 5.41) is 2.30. The fourth-order valence-electron chi connectivity index (χ4n) is 3.85. The van der Waals surface area contributed by atoms with E-state index in [2.05, 4.69) is 5.32 Å². The second-order valence-corrected chi connectivity index (χ2v) is 11.2. The standard InChI is InChI=1S/C20H25ClN2O6S/c1-20(2,3)29-19(26)23-10-16-15(11-24)17(25)8-13(22-16)9-18(23)30(27,28)14-6-4-12(21)5-7-14/h4-7,11,13,15-16,18,22H,8-10H2,1-3H3. The van der Waals surface area contributed by atoms with E-state index in [1.807, 2.05) is 0 Å². The molecule has 0 radical (unpaired) electrons. The molecule has 2 aliphatic heterocycles. The van der Waals surface area contributed by atoms with Crippen molar-refractivity contribution in [1.29, 1.82) is 0 Å². The topological polar surface area (TPSA) is 110 Å². The average Bonchev–Trinajstić information content (AvgIpc) is 2.78. The lowest BCUT2D eigenvalue weighted by atomic mass is 9.87. The van der Waals surface area contributed by atoms with Crippen molar-refractivity contribution < 1.29 is 27.5 Å². The molecule has 164 valence electrons. The lowest BCUT2D eigenvalue weighted by Gasteiger charge is -2.34. The van der Waals surface area contributed by atoms with Crippen LogP contribution in [0.15, 0.2) is 29.2 Å². The first-order valence-corrected chi connectivity index (χ1v) is 11.6. The van der Waals surface area contributed by atoms with E-state index in [1.54, 1.807) is 20.8 Å². The first-order chi connectivity index (χ1) is 13.9. The van der Waals surface area contributed by atoms with Gasteiger partial charge in [0, 0.05) is 30.1 Å².